The van der Waals surface area contributed by atoms with Gasteiger partial charge < -0.3 is 10.5 Å². The zero-order valence-corrected chi connectivity index (χ0v) is 11.9. The van der Waals surface area contributed by atoms with E-state index in [0.717, 1.165) is 11.3 Å². The average molecular weight is 273 g/mol. The molecule has 2 rings (SSSR count). The Labute approximate surface area is 119 Å². The molecule has 0 aliphatic rings. The fraction of sp³-hybridized carbons (Fsp3) is 0.294. The lowest BCUT2D eigenvalue weighted by Gasteiger charge is -2.14. The molecule has 106 valence electrons. The number of para-hydroxylation sites is 1. The third-order valence-electron chi connectivity index (χ3n) is 3.27. The van der Waals surface area contributed by atoms with E-state index in [1.807, 2.05) is 18.2 Å². The molecule has 0 atom stereocenters. The molecule has 3 heteroatoms. The summed E-state index contributed by atoms with van der Waals surface area (Å²) in [6.07, 6.45) is 0. The van der Waals surface area contributed by atoms with Crippen molar-refractivity contribution in [2.45, 2.75) is 32.9 Å². The molecule has 2 aromatic carbocycles. The third kappa shape index (κ3) is 3.36. The highest BCUT2D eigenvalue weighted by Gasteiger charge is 2.08. The fourth-order valence-electron chi connectivity index (χ4n) is 2.12. The number of hydrogen-bond donors (Lipinski definition) is 1. The lowest BCUT2D eigenvalue weighted by molar-refractivity contribution is 0.301. The molecule has 2 aromatic rings. The van der Waals surface area contributed by atoms with E-state index in [1.54, 1.807) is 12.1 Å². The number of nitrogens with two attached hydrogens (primary N) is 1. The molecular formula is C17H20FNO. The summed E-state index contributed by atoms with van der Waals surface area (Å²) in [7, 11) is 0. The smallest absolute Gasteiger partial charge is 0.127 e. The molecule has 2 nitrogen and oxygen atoms in total. The molecule has 20 heavy (non-hydrogen) atoms. The predicted octanol–water partition coefficient (Wildman–Crippen LogP) is 3.99. The van der Waals surface area contributed by atoms with Crippen molar-refractivity contribution in [3.05, 3.63) is 65.0 Å². The third-order valence-corrected chi connectivity index (χ3v) is 3.27. The van der Waals surface area contributed by atoms with Gasteiger partial charge in [0.2, 0.25) is 0 Å². The fourth-order valence-corrected chi connectivity index (χ4v) is 2.12. The van der Waals surface area contributed by atoms with Gasteiger partial charge >= 0.3 is 0 Å². The summed E-state index contributed by atoms with van der Waals surface area (Å²) in [5, 5.41) is 0. The van der Waals surface area contributed by atoms with Gasteiger partial charge in [-0.15, -0.1) is 0 Å². The lowest BCUT2D eigenvalue weighted by Crippen LogP contribution is -2.03. The summed E-state index contributed by atoms with van der Waals surface area (Å²) in [4.78, 5) is 0. The van der Waals surface area contributed by atoms with E-state index >= 15 is 0 Å². The Morgan fingerprint density at radius 1 is 1.15 bits per heavy atom. The first-order chi connectivity index (χ1) is 9.61. The van der Waals surface area contributed by atoms with Gasteiger partial charge in [0.25, 0.3) is 0 Å². The van der Waals surface area contributed by atoms with Crippen molar-refractivity contribution in [2.75, 3.05) is 0 Å². The molecule has 0 saturated carbocycles. The predicted molar refractivity (Wildman–Crippen MR) is 79.2 cm³/mol. The van der Waals surface area contributed by atoms with Crippen LogP contribution in [0.15, 0.2) is 42.5 Å². The van der Waals surface area contributed by atoms with Crippen molar-refractivity contribution in [1.82, 2.24) is 0 Å². The van der Waals surface area contributed by atoms with Crippen molar-refractivity contribution in [2.24, 2.45) is 5.73 Å². The van der Waals surface area contributed by atoms with Crippen LogP contribution < -0.4 is 10.5 Å². The zero-order valence-electron chi connectivity index (χ0n) is 11.9. The van der Waals surface area contributed by atoms with Gasteiger partial charge in [0.15, 0.2) is 0 Å². The minimum absolute atomic E-state index is 0.197. The second-order valence-electron chi connectivity index (χ2n) is 5.11. The summed E-state index contributed by atoms with van der Waals surface area (Å²) in [5.74, 6) is 1.01. The van der Waals surface area contributed by atoms with E-state index in [9.17, 15) is 4.39 Å². The molecule has 0 unspecified atom stereocenters. The van der Waals surface area contributed by atoms with E-state index in [0.29, 0.717) is 18.1 Å². The van der Waals surface area contributed by atoms with Crippen LogP contribution in [-0.4, -0.2) is 0 Å². The Morgan fingerprint density at radius 2 is 1.90 bits per heavy atom. The summed E-state index contributed by atoms with van der Waals surface area (Å²) in [6, 6.07) is 12.9. The monoisotopic (exact) mass is 273 g/mol. The molecule has 0 aromatic heterocycles. The van der Waals surface area contributed by atoms with Crippen LogP contribution in [0.5, 0.6) is 5.75 Å². The van der Waals surface area contributed by atoms with E-state index in [2.05, 4.69) is 19.9 Å². The first kappa shape index (κ1) is 14.5. The van der Waals surface area contributed by atoms with Crippen molar-refractivity contribution in [3.8, 4) is 5.75 Å². The minimum Gasteiger partial charge on any atom is -0.489 e. The van der Waals surface area contributed by atoms with Gasteiger partial charge in [0.1, 0.15) is 18.2 Å². The molecule has 0 radical (unpaired) electrons. The maximum Gasteiger partial charge on any atom is 0.127 e. The minimum atomic E-state index is -0.265. The Balaban J connectivity index is 2.13. The Hall–Kier alpha value is -1.87. The number of ether oxygens (including phenoxy) is 1. The highest BCUT2D eigenvalue weighted by molar-refractivity contribution is 5.36. The first-order valence-electron chi connectivity index (χ1n) is 6.81. The molecule has 0 bridgehead atoms. The normalized spacial score (nSPS) is 10.8. The Kier molecular flexibility index (Phi) is 4.74. The van der Waals surface area contributed by atoms with Crippen LogP contribution in [0.1, 0.15) is 36.5 Å². The highest BCUT2D eigenvalue weighted by atomic mass is 19.1. The van der Waals surface area contributed by atoms with E-state index in [4.69, 9.17) is 10.5 Å². The van der Waals surface area contributed by atoms with E-state index in [-0.39, 0.29) is 12.4 Å². The standard InChI is InChI=1S/C17H20FNO/c1-12(2)15-5-3-4-6-17(15)20-11-13-7-8-16(18)14(9-13)10-19/h3-9,12H,10-11,19H2,1-2H3. The molecule has 0 heterocycles. The summed E-state index contributed by atoms with van der Waals surface area (Å²) >= 11 is 0. The van der Waals surface area contributed by atoms with Crippen LogP contribution in [0.4, 0.5) is 4.39 Å². The molecule has 0 saturated heterocycles. The van der Waals surface area contributed by atoms with Crippen molar-refractivity contribution < 1.29 is 9.13 Å². The molecule has 0 fully saturated rings. The Morgan fingerprint density at radius 3 is 2.60 bits per heavy atom. The maximum absolute atomic E-state index is 13.4. The molecule has 0 aliphatic carbocycles. The quantitative estimate of drug-likeness (QED) is 0.894. The molecule has 0 amide bonds. The number of benzene rings is 2. The van der Waals surface area contributed by atoms with Crippen molar-refractivity contribution in [1.29, 1.82) is 0 Å². The van der Waals surface area contributed by atoms with Gasteiger partial charge in [-0.3, -0.25) is 0 Å². The largest absolute Gasteiger partial charge is 0.489 e. The second kappa shape index (κ2) is 6.53. The zero-order chi connectivity index (χ0) is 14.5. The molecule has 2 N–H and O–H groups in total. The topological polar surface area (TPSA) is 35.2 Å². The molecular weight excluding hydrogens is 253 g/mol. The van der Waals surface area contributed by atoms with Crippen LogP contribution in [0.25, 0.3) is 0 Å². The van der Waals surface area contributed by atoms with Crippen LogP contribution in [0, 0.1) is 5.82 Å². The van der Waals surface area contributed by atoms with Crippen LogP contribution >= 0.6 is 0 Å². The summed E-state index contributed by atoms with van der Waals surface area (Å²) in [6.45, 7) is 4.87. The van der Waals surface area contributed by atoms with Gasteiger partial charge in [-0.1, -0.05) is 38.1 Å². The number of halogens is 1. The van der Waals surface area contributed by atoms with Crippen LogP contribution in [0.2, 0.25) is 0 Å². The lowest BCUT2D eigenvalue weighted by atomic mass is 10.0. The Bertz CT molecular complexity index is 581. The SMILES string of the molecule is CC(C)c1ccccc1OCc1ccc(F)c(CN)c1. The first-order valence-corrected chi connectivity index (χ1v) is 6.81. The van der Waals surface area contributed by atoms with Crippen LogP contribution in [-0.2, 0) is 13.2 Å². The number of rotatable bonds is 5. The van der Waals surface area contributed by atoms with E-state index < -0.39 is 0 Å². The van der Waals surface area contributed by atoms with Crippen molar-refractivity contribution in [3.63, 3.8) is 0 Å². The summed E-state index contributed by atoms with van der Waals surface area (Å²) < 4.78 is 19.2. The number of hydrogen-bond acceptors (Lipinski definition) is 2. The van der Waals surface area contributed by atoms with Gasteiger partial charge in [0, 0.05) is 12.1 Å². The van der Waals surface area contributed by atoms with Gasteiger partial charge in [0.05, 0.1) is 0 Å². The van der Waals surface area contributed by atoms with Crippen LogP contribution in [0.3, 0.4) is 0 Å². The maximum atomic E-state index is 13.4. The van der Waals surface area contributed by atoms with E-state index in [1.165, 1.54) is 11.6 Å². The van der Waals surface area contributed by atoms with Gasteiger partial charge in [-0.2, -0.15) is 0 Å². The van der Waals surface area contributed by atoms with Gasteiger partial charge in [-0.05, 0) is 35.2 Å². The molecule has 0 spiro atoms. The van der Waals surface area contributed by atoms with Crippen molar-refractivity contribution >= 4 is 0 Å². The highest BCUT2D eigenvalue weighted by Crippen LogP contribution is 2.26. The summed E-state index contributed by atoms with van der Waals surface area (Å²) in [5.41, 5.74) is 8.12. The second-order valence-corrected chi connectivity index (χ2v) is 5.11. The average Bonchev–Trinajstić information content (AvgIpc) is 2.46. The van der Waals surface area contributed by atoms with Gasteiger partial charge in [-0.25, -0.2) is 4.39 Å². The molecule has 0 aliphatic heterocycles.